The standard InChI is InChI=1S/C15H18N2O3S/c1-20-15(19)7-9-21-8-3-6-14(18)17-13-5-2-4-12(10-13)11-16/h2,4-5,10H,3,6-9H2,1H3,(H,17,18). The highest BCUT2D eigenvalue weighted by molar-refractivity contribution is 7.99. The summed E-state index contributed by atoms with van der Waals surface area (Å²) in [6, 6.07) is 8.85. The molecule has 0 aliphatic carbocycles. The van der Waals surface area contributed by atoms with Gasteiger partial charge in [0.25, 0.3) is 0 Å². The van der Waals surface area contributed by atoms with Crippen LogP contribution in [0.5, 0.6) is 0 Å². The quantitative estimate of drug-likeness (QED) is 0.590. The second-order valence-corrected chi connectivity index (χ2v) is 5.51. The number of ether oxygens (including phenoxy) is 1. The smallest absolute Gasteiger partial charge is 0.306 e. The van der Waals surface area contributed by atoms with Gasteiger partial charge >= 0.3 is 5.97 Å². The Hall–Kier alpha value is -2.00. The molecule has 0 unspecified atom stereocenters. The summed E-state index contributed by atoms with van der Waals surface area (Å²) in [5.41, 5.74) is 1.16. The molecule has 21 heavy (non-hydrogen) atoms. The van der Waals surface area contributed by atoms with Gasteiger partial charge in [-0.05, 0) is 30.4 Å². The number of hydrogen-bond donors (Lipinski definition) is 1. The molecule has 1 aromatic rings. The third kappa shape index (κ3) is 7.37. The van der Waals surface area contributed by atoms with E-state index in [9.17, 15) is 9.59 Å². The van der Waals surface area contributed by atoms with Crippen LogP contribution in [0.25, 0.3) is 0 Å². The van der Waals surface area contributed by atoms with Crippen molar-refractivity contribution in [3.05, 3.63) is 29.8 Å². The molecular formula is C15H18N2O3S. The number of benzene rings is 1. The lowest BCUT2D eigenvalue weighted by molar-refractivity contribution is -0.140. The molecule has 0 aliphatic heterocycles. The van der Waals surface area contributed by atoms with E-state index < -0.39 is 0 Å². The first-order chi connectivity index (χ1) is 10.2. The number of carbonyl (C=O) groups excluding carboxylic acids is 2. The van der Waals surface area contributed by atoms with Crippen LogP contribution in [0.1, 0.15) is 24.8 Å². The average molecular weight is 306 g/mol. The van der Waals surface area contributed by atoms with Gasteiger partial charge < -0.3 is 10.1 Å². The number of nitriles is 1. The van der Waals surface area contributed by atoms with E-state index in [1.807, 2.05) is 6.07 Å². The van der Waals surface area contributed by atoms with Crippen molar-refractivity contribution in [2.75, 3.05) is 23.9 Å². The van der Waals surface area contributed by atoms with Gasteiger partial charge in [-0.3, -0.25) is 9.59 Å². The van der Waals surface area contributed by atoms with E-state index in [2.05, 4.69) is 10.1 Å². The number of hydrogen-bond acceptors (Lipinski definition) is 5. The second kappa shape index (κ2) is 9.83. The van der Waals surface area contributed by atoms with Crippen molar-refractivity contribution >= 4 is 29.3 Å². The van der Waals surface area contributed by atoms with Gasteiger partial charge in [-0.1, -0.05) is 6.07 Å². The zero-order valence-electron chi connectivity index (χ0n) is 11.9. The Kier molecular flexibility index (Phi) is 7.99. The normalized spacial score (nSPS) is 9.71. The van der Waals surface area contributed by atoms with Gasteiger partial charge in [-0.2, -0.15) is 17.0 Å². The molecule has 1 rings (SSSR count). The number of methoxy groups -OCH3 is 1. The summed E-state index contributed by atoms with van der Waals surface area (Å²) >= 11 is 1.63. The van der Waals surface area contributed by atoms with Crippen LogP contribution in [-0.4, -0.2) is 30.5 Å². The fourth-order valence-corrected chi connectivity index (χ4v) is 2.45. The van der Waals surface area contributed by atoms with E-state index >= 15 is 0 Å². The van der Waals surface area contributed by atoms with E-state index in [0.717, 1.165) is 12.2 Å². The number of anilines is 1. The number of rotatable bonds is 8. The molecule has 0 bridgehead atoms. The molecule has 0 aliphatic rings. The molecule has 112 valence electrons. The molecule has 1 aromatic carbocycles. The Morgan fingerprint density at radius 3 is 2.86 bits per heavy atom. The van der Waals surface area contributed by atoms with Crippen LogP contribution in [-0.2, 0) is 14.3 Å². The van der Waals surface area contributed by atoms with E-state index in [1.54, 1.807) is 36.0 Å². The molecule has 0 radical (unpaired) electrons. The Balaban J connectivity index is 2.17. The molecule has 0 atom stereocenters. The van der Waals surface area contributed by atoms with Gasteiger partial charge in [0.1, 0.15) is 0 Å². The molecule has 1 amide bonds. The third-order valence-corrected chi connectivity index (χ3v) is 3.72. The number of thioether (sulfide) groups is 1. The third-order valence-electron chi connectivity index (χ3n) is 2.65. The van der Waals surface area contributed by atoms with Gasteiger partial charge in [0, 0.05) is 17.9 Å². The van der Waals surface area contributed by atoms with Crippen molar-refractivity contribution in [1.82, 2.24) is 0 Å². The SMILES string of the molecule is COC(=O)CCSCCCC(=O)Nc1cccc(C#N)c1. The lowest BCUT2D eigenvalue weighted by Gasteiger charge is -2.05. The van der Waals surface area contributed by atoms with Crippen molar-refractivity contribution < 1.29 is 14.3 Å². The van der Waals surface area contributed by atoms with Gasteiger partial charge in [0.2, 0.25) is 5.91 Å². The highest BCUT2D eigenvalue weighted by Crippen LogP contribution is 2.11. The zero-order valence-corrected chi connectivity index (χ0v) is 12.7. The summed E-state index contributed by atoms with van der Waals surface area (Å²) in [4.78, 5) is 22.6. The number of nitrogens with one attached hydrogen (secondary N) is 1. The van der Waals surface area contributed by atoms with E-state index in [1.165, 1.54) is 7.11 Å². The minimum atomic E-state index is -0.211. The van der Waals surface area contributed by atoms with E-state index in [4.69, 9.17) is 5.26 Å². The Morgan fingerprint density at radius 2 is 2.14 bits per heavy atom. The average Bonchev–Trinajstić information content (AvgIpc) is 2.50. The topological polar surface area (TPSA) is 79.2 Å². The number of nitrogens with zero attached hydrogens (tertiary/aromatic N) is 1. The Morgan fingerprint density at radius 1 is 1.33 bits per heavy atom. The maximum atomic E-state index is 11.7. The summed E-state index contributed by atoms with van der Waals surface area (Å²) in [5, 5.41) is 11.5. The fourth-order valence-electron chi connectivity index (χ4n) is 1.58. The summed E-state index contributed by atoms with van der Waals surface area (Å²) in [5.74, 6) is 1.25. The van der Waals surface area contributed by atoms with E-state index in [0.29, 0.717) is 29.8 Å². The molecular weight excluding hydrogens is 288 g/mol. The summed E-state index contributed by atoms with van der Waals surface area (Å²) in [6.45, 7) is 0. The monoisotopic (exact) mass is 306 g/mol. The van der Waals surface area contributed by atoms with Gasteiger partial charge in [0.05, 0.1) is 25.2 Å². The summed E-state index contributed by atoms with van der Waals surface area (Å²) < 4.78 is 4.54. The largest absolute Gasteiger partial charge is 0.469 e. The molecule has 0 heterocycles. The van der Waals surface area contributed by atoms with Gasteiger partial charge in [0.15, 0.2) is 0 Å². The summed E-state index contributed by atoms with van der Waals surface area (Å²) in [6.07, 6.45) is 1.56. The molecule has 5 nitrogen and oxygen atoms in total. The lowest BCUT2D eigenvalue weighted by Crippen LogP contribution is -2.11. The van der Waals surface area contributed by atoms with E-state index in [-0.39, 0.29) is 11.9 Å². The number of amides is 1. The van der Waals surface area contributed by atoms with Crippen LogP contribution in [0.15, 0.2) is 24.3 Å². The van der Waals surface area contributed by atoms with Gasteiger partial charge in [-0.25, -0.2) is 0 Å². The second-order valence-electron chi connectivity index (χ2n) is 4.28. The van der Waals surface area contributed by atoms with Crippen LogP contribution in [0.4, 0.5) is 5.69 Å². The zero-order chi connectivity index (χ0) is 15.5. The van der Waals surface area contributed by atoms with Gasteiger partial charge in [-0.15, -0.1) is 0 Å². The van der Waals surface area contributed by atoms with Crippen molar-refractivity contribution in [3.8, 4) is 6.07 Å². The Bertz CT molecular complexity index is 526. The van der Waals surface area contributed by atoms with Crippen LogP contribution in [0, 0.1) is 11.3 Å². The van der Waals surface area contributed by atoms with Crippen molar-refractivity contribution in [2.45, 2.75) is 19.3 Å². The highest BCUT2D eigenvalue weighted by Gasteiger charge is 2.04. The van der Waals surface area contributed by atoms with Crippen LogP contribution in [0.3, 0.4) is 0 Å². The van der Waals surface area contributed by atoms with Crippen LogP contribution < -0.4 is 5.32 Å². The van der Waals surface area contributed by atoms with Crippen molar-refractivity contribution in [1.29, 1.82) is 5.26 Å². The minimum Gasteiger partial charge on any atom is -0.469 e. The predicted octanol–water partition coefficient (Wildman–Crippen LogP) is 2.57. The molecule has 6 heteroatoms. The maximum Gasteiger partial charge on any atom is 0.306 e. The fraction of sp³-hybridized carbons (Fsp3) is 0.400. The maximum absolute atomic E-state index is 11.7. The van der Waals surface area contributed by atoms with Crippen LogP contribution in [0.2, 0.25) is 0 Å². The van der Waals surface area contributed by atoms with Crippen molar-refractivity contribution in [3.63, 3.8) is 0 Å². The number of carbonyl (C=O) groups is 2. The Labute approximate surface area is 128 Å². The first-order valence-electron chi connectivity index (χ1n) is 6.60. The summed E-state index contributed by atoms with van der Waals surface area (Å²) in [7, 11) is 1.37. The molecule has 0 saturated carbocycles. The minimum absolute atomic E-state index is 0.0707. The lowest BCUT2D eigenvalue weighted by atomic mass is 10.2. The molecule has 1 N–H and O–H groups in total. The number of esters is 1. The molecule has 0 aromatic heterocycles. The van der Waals surface area contributed by atoms with Crippen molar-refractivity contribution in [2.24, 2.45) is 0 Å². The van der Waals surface area contributed by atoms with Crippen LogP contribution >= 0.6 is 11.8 Å². The highest BCUT2D eigenvalue weighted by atomic mass is 32.2. The molecule has 0 saturated heterocycles. The predicted molar refractivity (Wildman–Crippen MR) is 83.0 cm³/mol. The first-order valence-corrected chi connectivity index (χ1v) is 7.75. The molecule has 0 spiro atoms. The first kappa shape index (κ1) is 17.1. The molecule has 0 fully saturated rings.